The van der Waals surface area contributed by atoms with E-state index in [0.29, 0.717) is 22.6 Å². The van der Waals surface area contributed by atoms with Gasteiger partial charge in [0.05, 0.1) is 25.9 Å². The smallest absolute Gasteiger partial charge is 0.414 e. The molecule has 1 aromatic rings. The molecule has 3 amide bonds. The number of hydrogen-bond acceptors (Lipinski definition) is 7. The number of nitrogens with one attached hydrogen (secondary N) is 3. The first-order valence-electron chi connectivity index (χ1n) is 9.87. The van der Waals surface area contributed by atoms with E-state index in [1.807, 2.05) is 6.08 Å². The highest BCUT2D eigenvalue weighted by atomic mass is 19.1. The van der Waals surface area contributed by atoms with Crippen molar-refractivity contribution < 1.29 is 28.2 Å². The Kier molecular flexibility index (Phi) is 5.71. The number of methoxy groups -OCH3 is 1. The largest absolute Gasteiger partial charge is 0.453 e. The van der Waals surface area contributed by atoms with Gasteiger partial charge in [-0.2, -0.15) is 0 Å². The molecule has 0 spiro atoms. The highest BCUT2D eigenvalue weighted by molar-refractivity contribution is 5.90. The number of rotatable bonds is 5. The van der Waals surface area contributed by atoms with Crippen molar-refractivity contribution in [3.8, 4) is 0 Å². The molecule has 32 heavy (non-hydrogen) atoms. The van der Waals surface area contributed by atoms with Crippen LogP contribution in [-0.2, 0) is 14.3 Å². The van der Waals surface area contributed by atoms with Gasteiger partial charge in [0.15, 0.2) is 0 Å². The van der Waals surface area contributed by atoms with Crippen molar-refractivity contribution >= 4 is 29.4 Å². The van der Waals surface area contributed by atoms with Gasteiger partial charge in [-0.1, -0.05) is 6.08 Å². The molecule has 1 saturated heterocycles. The number of carbonyl (C=O) groups is 3. The van der Waals surface area contributed by atoms with Crippen LogP contribution in [0.2, 0.25) is 0 Å². The SMILES string of the molecule is COC(=O)NC1=CN2C=C(c3ccc(N4C[C@H](CNC(C)=O)OC4=O)cc3F)C=CC2N1. The minimum atomic E-state index is -0.599. The number of fused-ring (bicyclic) bond motifs is 1. The van der Waals surface area contributed by atoms with Crippen LogP contribution in [0.1, 0.15) is 12.5 Å². The van der Waals surface area contributed by atoms with Gasteiger partial charge < -0.3 is 25.0 Å². The number of cyclic esters (lactones) is 1. The van der Waals surface area contributed by atoms with Crippen LogP contribution in [0.25, 0.3) is 5.57 Å². The molecular formula is C21H22FN5O5. The second-order valence-corrected chi connectivity index (χ2v) is 7.36. The molecule has 0 aromatic heterocycles. The molecule has 11 heteroatoms. The molecule has 2 atom stereocenters. The molecule has 3 aliphatic rings. The van der Waals surface area contributed by atoms with Crippen molar-refractivity contribution in [2.24, 2.45) is 0 Å². The molecule has 1 unspecified atom stereocenters. The molecule has 10 nitrogen and oxygen atoms in total. The third kappa shape index (κ3) is 4.36. The predicted molar refractivity (Wildman–Crippen MR) is 112 cm³/mol. The van der Waals surface area contributed by atoms with Gasteiger partial charge >= 0.3 is 12.2 Å². The molecule has 0 aliphatic carbocycles. The molecule has 3 heterocycles. The normalized spacial score (nSPS) is 21.3. The van der Waals surface area contributed by atoms with E-state index in [-0.39, 0.29) is 25.2 Å². The van der Waals surface area contributed by atoms with Crippen LogP contribution in [-0.4, -0.2) is 55.5 Å². The maximum Gasteiger partial charge on any atom is 0.414 e. The molecule has 1 aromatic carbocycles. The average Bonchev–Trinajstić information content (AvgIpc) is 3.33. The lowest BCUT2D eigenvalue weighted by molar-refractivity contribution is -0.119. The number of alkyl carbamates (subject to hydrolysis) is 1. The summed E-state index contributed by atoms with van der Waals surface area (Å²) in [5, 5.41) is 8.23. The van der Waals surface area contributed by atoms with Gasteiger partial charge in [0.2, 0.25) is 5.91 Å². The van der Waals surface area contributed by atoms with E-state index >= 15 is 0 Å². The van der Waals surface area contributed by atoms with E-state index in [1.54, 1.807) is 35.5 Å². The Morgan fingerprint density at radius 1 is 1.34 bits per heavy atom. The van der Waals surface area contributed by atoms with Crippen molar-refractivity contribution in [3.05, 3.63) is 60.0 Å². The summed E-state index contributed by atoms with van der Waals surface area (Å²) >= 11 is 0. The number of anilines is 1. The Bertz CT molecular complexity index is 1050. The highest BCUT2D eigenvalue weighted by Crippen LogP contribution is 2.30. The number of halogens is 1. The van der Waals surface area contributed by atoms with E-state index in [9.17, 15) is 18.8 Å². The quantitative estimate of drug-likeness (QED) is 0.634. The zero-order valence-corrected chi connectivity index (χ0v) is 17.4. The molecule has 168 valence electrons. The molecular weight excluding hydrogens is 421 g/mol. The highest BCUT2D eigenvalue weighted by Gasteiger charge is 2.33. The van der Waals surface area contributed by atoms with Crippen LogP contribution in [0.3, 0.4) is 0 Å². The average molecular weight is 443 g/mol. The van der Waals surface area contributed by atoms with Gasteiger partial charge in [0.25, 0.3) is 0 Å². The van der Waals surface area contributed by atoms with E-state index in [1.165, 1.54) is 25.0 Å². The predicted octanol–water partition coefficient (Wildman–Crippen LogP) is 1.58. The van der Waals surface area contributed by atoms with Gasteiger partial charge in [0.1, 0.15) is 23.9 Å². The number of amides is 3. The zero-order valence-electron chi connectivity index (χ0n) is 17.4. The van der Waals surface area contributed by atoms with E-state index in [4.69, 9.17) is 4.74 Å². The van der Waals surface area contributed by atoms with Crippen molar-refractivity contribution in [1.82, 2.24) is 20.9 Å². The summed E-state index contributed by atoms with van der Waals surface area (Å²) in [4.78, 5) is 37.7. The Labute approximate surface area is 183 Å². The number of ether oxygens (including phenoxy) is 2. The fourth-order valence-electron chi connectivity index (χ4n) is 3.55. The lowest BCUT2D eigenvalue weighted by Gasteiger charge is -2.24. The Balaban J connectivity index is 1.48. The van der Waals surface area contributed by atoms with Crippen LogP contribution in [0.5, 0.6) is 0 Å². The maximum atomic E-state index is 15.0. The van der Waals surface area contributed by atoms with Gasteiger partial charge in [0, 0.05) is 30.5 Å². The fourth-order valence-corrected chi connectivity index (χ4v) is 3.55. The summed E-state index contributed by atoms with van der Waals surface area (Å²) in [6.45, 7) is 1.79. The second-order valence-electron chi connectivity index (χ2n) is 7.36. The summed E-state index contributed by atoms with van der Waals surface area (Å²) < 4.78 is 24.8. The number of carbonyl (C=O) groups excluding carboxylic acids is 3. The fraction of sp³-hybridized carbons (Fsp3) is 0.286. The van der Waals surface area contributed by atoms with Gasteiger partial charge in [-0.3, -0.25) is 15.0 Å². The van der Waals surface area contributed by atoms with Crippen LogP contribution in [0.15, 0.2) is 48.6 Å². The van der Waals surface area contributed by atoms with Crippen molar-refractivity contribution in [2.75, 3.05) is 25.1 Å². The van der Waals surface area contributed by atoms with Gasteiger partial charge in [-0.05, 0) is 24.3 Å². The molecule has 3 aliphatic heterocycles. The third-order valence-electron chi connectivity index (χ3n) is 5.10. The Morgan fingerprint density at radius 3 is 2.88 bits per heavy atom. The van der Waals surface area contributed by atoms with Crippen LogP contribution >= 0.6 is 0 Å². The summed E-state index contributed by atoms with van der Waals surface area (Å²) in [7, 11) is 1.27. The van der Waals surface area contributed by atoms with Crippen molar-refractivity contribution in [1.29, 1.82) is 0 Å². The minimum absolute atomic E-state index is 0.196. The lowest BCUT2D eigenvalue weighted by atomic mass is 10.0. The molecule has 1 fully saturated rings. The number of allylic oxidation sites excluding steroid dienone is 2. The van der Waals surface area contributed by atoms with Crippen molar-refractivity contribution in [2.45, 2.75) is 19.2 Å². The molecule has 0 saturated carbocycles. The monoisotopic (exact) mass is 443 g/mol. The maximum absolute atomic E-state index is 15.0. The van der Waals surface area contributed by atoms with E-state index < -0.39 is 24.1 Å². The summed E-state index contributed by atoms with van der Waals surface area (Å²) in [6.07, 6.45) is 5.11. The van der Waals surface area contributed by atoms with E-state index in [2.05, 4.69) is 20.7 Å². The first-order valence-corrected chi connectivity index (χ1v) is 9.87. The standard InChI is InChI=1S/C21H22FN5O5/c1-12(28)23-8-15-10-27(21(30)32-15)14-4-5-16(17(22)7-14)13-3-6-19-24-18(11-26(19)9-13)25-20(29)31-2/h3-7,9,11,15,19,24H,8,10H2,1-2H3,(H,23,28)(H,25,29)/t15-,19?/m0/s1. The third-order valence-corrected chi connectivity index (χ3v) is 5.10. The number of hydrogen-bond donors (Lipinski definition) is 3. The molecule has 0 bridgehead atoms. The summed E-state index contributed by atoms with van der Waals surface area (Å²) in [6, 6.07) is 4.51. The first kappa shape index (κ1) is 21.2. The topological polar surface area (TPSA) is 112 Å². The lowest BCUT2D eigenvalue weighted by Crippen LogP contribution is -2.36. The molecule has 4 rings (SSSR count). The van der Waals surface area contributed by atoms with Gasteiger partial charge in [-0.15, -0.1) is 0 Å². The number of benzene rings is 1. The minimum Gasteiger partial charge on any atom is -0.453 e. The van der Waals surface area contributed by atoms with Crippen LogP contribution in [0, 0.1) is 5.82 Å². The molecule has 0 radical (unpaired) electrons. The summed E-state index contributed by atoms with van der Waals surface area (Å²) in [5.41, 5.74) is 1.34. The first-order chi connectivity index (χ1) is 15.3. The van der Waals surface area contributed by atoms with Gasteiger partial charge in [-0.25, -0.2) is 14.0 Å². The van der Waals surface area contributed by atoms with Crippen molar-refractivity contribution in [3.63, 3.8) is 0 Å². The number of nitrogens with zero attached hydrogens (tertiary/aromatic N) is 2. The molecule has 3 N–H and O–H groups in total. The Hall–Kier alpha value is -4.02. The Morgan fingerprint density at radius 2 is 2.16 bits per heavy atom. The second kappa shape index (κ2) is 8.61. The van der Waals surface area contributed by atoms with Crippen LogP contribution < -0.4 is 20.9 Å². The zero-order chi connectivity index (χ0) is 22.8. The summed E-state index contributed by atoms with van der Waals surface area (Å²) in [5.74, 6) is -0.262. The van der Waals surface area contributed by atoms with Crippen LogP contribution in [0.4, 0.5) is 19.7 Å². The van der Waals surface area contributed by atoms with E-state index in [0.717, 1.165) is 0 Å².